The molecule has 0 saturated heterocycles. The Hall–Kier alpha value is -1.91. The van der Waals surface area contributed by atoms with Gasteiger partial charge in [0.15, 0.2) is 11.5 Å². The van der Waals surface area contributed by atoms with Gasteiger partial charge in [0.25, 0.3) is 0 Å². The van der Waals surface area contributed by atoms with Crippen molar-refractivity contribution in [1.29, 1.82) is 0 Å². The van der Waals surface area contributed by atoms with Crippen LogP contribution in [0.4, 0.5) is 0 Å². The third-order valence-electron chi connectivity index (χ3n) is 3.62. The quantitative estimate of drug-likeness (QED) is 0.610. The molecule has 1 atom stereocenters. The maximum absolute atomic E-state index is 9.76. The third kappa shape index (κ3) is 2.07. The minimum atomic E-state index is -0.267. The molecule has 0 aromatic heterocycles. The summed E-state index contributed by atoms with van der Waals surface area (Å²) < 4.78 is 0. The average Bonchev–Trinajstić information content (AvgIpc) is 2.45. The number of aromatic hydroxyl groups is 3. The van der Waals surface area contributed by atoms with E-state index >= 15 is 0 Å². The summed E-state index contributed by atoms with van der Waals surface area (Å²) in [6, 6.07) is 8.30. The zero-order chi connectivity index (χ0) is 14.3. The first-order valence-electron chi connectivity index (χ1n) is 6.33. The van der Waals surface area contributed by atoms with E-state index in [0.29, 0.717) is 6.42 Å². The number of rotatable bonds is 1. The molecule has 1 aliphatic rings. The van der Waals surface area contributed by atoms with Crippen molar-refractivity contribution < 1.29 is 15.3 Å². The van der Waals surface area contributed by atoms with Gasteiger partial charge in [-0.1, -0.05) is 23.7 Å². The zero-order valence-electron chi connectivity index (χ0n) is 10.6. The second kappa shape index (κ2) is 4.89. The molecule has 0 radical (unpaired) electrons. The van der Waals surface area contributed by atoms with Crippen molar-refractivity contribution in [3.05, 3.63) is 52.0 Å². The van der Waals surface area contributed by atoms with Crippen LogP contribution >= 0.6 is 11.6 Å². The van der Waals surface area contributed by atoms with Gasteiger partial charge in [-0.25, -0.2) is 0 Å². The predicted molar refractivity (Wildman–Crippen MR) is 76.4 cm³/mol. The van der Waals surface area contributed by atoms with E-state index in [0.717, 1.165) is 23.2 Å². The molecule has 0 spiro atoms. The van der Waals surface area contributed by atoms with Crippen LogP contribution in [0.3, 0.4) is 0 Å². The highest BCUT2D eigenvalue weighted by Gasteiger charge is 2.26. The van der Waals surface area contributed by atoms with Gasteiger partial charge < -0.3 is 20.6 Å². The summed E-state index contributed by atoms with van der Waals surface area (Å²) in [6.07, 6.45) is 0.691. The Bertz CT molecular complexity index is 655. The van der Waals surface area contributed by atoms with E-state index in [-0.39, 0.29) is 28.3 Å². The van der Waals surface area contributed by atoms with Gasteiger partial charge in [0, 0.05) is 6.54 Å². The average molecular weight is 292 g/mol. The van der Waals surface area contributed by atoms with Gasteiger partial charge in [0.2, 0.25) is 0 Å². The van der Waals surface area contributed by atoms with Crippen molar-refractivity contribution in [2.45, 2.75) is 12.5 Å². The van der Waals surface area contributed by atoms with Crippen LogP contribution in [0, 0.1) is 0 Å². The van der Waals surface area contributed by atoms with E-state index in [2.05, 4.69) is 5.32 Å². The number of benzene rings is 2. The van der Waals surface area contributed by atoms with Crippen molar-refractivity contribution >= 4 is 11.6 Å². The largest absolute Gasteiger partial charge is 0.508 e. The van der Waals surface area contributed by atoms with Gasteiger partial charge in [-0.05, 0) is 41.3 Å². The summed E-state index contributed by atoms with van der Waals surface area (Å²) in [6.45, 7) is 0.725. The molecular formula is C15H14ClNO3. The molecule has 0 amide bonds. The fourth-order valence-corrected chi connectivity index (χ4v) is 2.91. The number of phenols is 3. The Morgan fingerprint density at radius 2 is 1.80 bits per heavy atom. The van der Waals surface area contributed by atoms with Gasteiger partial charge in [-0.15, -0.1) is 0 Å². The molecule has 4 N–H and O–H groups in total. The lowest BCUT2D eigenvalue weighted by Gasteiger charge is -2.28. The van der Waals surface area contributed by atoms with E-state index in [9.17, 15) is 15.3 Å². The van der Waals surface area contributed by atoms with E-state index in [1.54, 1.807) is 18.2 Å². The lowest BCUT2D eigenvalue weighted by molar-refractivity contribution is 0.400. The maximum Gasteiger partial charge on any atom is 0.176 e. The number of hydrogen-bond acceptors (Lipinski definition) is 4. The van der Waals surface area contributed by atoms with Gasteiger partial charge >= 0.3 is 0 Å². The Balaban J connectivity index is 2.12. The van der Waals surface area contributed by atoms with Gasteiger partial charge in [-0.3, -0.25) is 0 Å². The lowest BCUT2D eigenvalue weighted by atomic mass is 9.89. The summed E-state index contributed by atoms with van der Waals surface area (Å²) in [5, 5.41) is 32.4. The van der Waals surface area contributed by atoms with Crippen LogP contribution in [-0.2, 0) is 6.42 Å². The standard InChI is InChI=1S/C15H14ClNO3/c16-13-10-5-6-17-14(8-1-3-9(18)4-2-8)11(10)7-12(19)15(13)20/h1-4,7,14,17-20H,5-6H2. The first kappa shape index (κ1) is 13.1. The normalized spacial score (nSPS) is 17.8. The smallest absolute Gasteiger partial charge is 0.176 e. The molecular weight excluding hydrogens is 278 g/mol. The van der Waals surface area contributed by atoms with Crippen LogP contribution in [0.2, 0.25) is 5.02 Å². The minimum absolute atomic E-state index is 0.122. The second-order valence-electron chi connectivity index (χ2n) is 4.85. The first-order valence-corrected chi connectivity index (χ1v) is 6.71. The highest BCUT2D eigenvalue weighted by molar-refractivity contribution is 6.33. The summed E-state index contributed by atoms with van der Waals surface area (Å²) in [5.41, 5.74) is 2.66. The maximum atomic E-state index is 9.76. The third-order valence-corrected chi connectivity index (χ3v) is 4.02. The zero-order valence-corrected chi connectivity index (χ0v) is 11.4. The highest BCUT2D eigenvalue weighted by atomic mass is 35.5. The fourth-order valence-electron chi connectivity index (χ4n) is 2.61. The van der Waals surface area contributed by atoms with Crippen LogP contribution < -0.4 is 5.32 Å². The molecule has 104 valence electrons. The summed E-state index contributed by atoms with van der Waals surface area (Å²) in [5.74, 6) is -0.283. The monoisotopic (exact) mass is 291 g/mol. The van der Waals surface area contributed by atoms with E-state index < -0.39 is 0 Å². The SMILES string of the molecule is Oc1ccc(C2NCCc3c2cc(O)c(O)c3Cl)cc1. The summed E-state index contributed by atoms with van der Waals surface area (Å²) >= 11 is 6.12. The Morgan fingerprint density at radius 3 is 2.50 bits per heavy atom. The van der Waals surface area contributed by atoms with Crippen LogP contribution in [0.5, 0.6) is 17.2 Å². The molecule has 2 aromatic carbocycles. The van der Waals surface area contributed by atoms with Crippen LogP contribution in [-0.4, -0.2) is 21.9 Å². The molecule has 0 saturated carbocycles. The summed E-state index contributed by atoms with van der Waals surface area (Å²) in [4.78, 5) is 0. The topological polar surface area (TPSA) is 72.7 Å². The van der Waals surface area contributed by atoms with E-state index in [4.69, 9.17) is 11.6 Å². The molecule has 1 heterocycles. The summed E-state index contributed by atoms with van der Waals surface area (Å²) in [7, 11) is 0. The molecule has 0 aliphatic carbocycles. The first-order chi connectivity index (χ1) is 9.58. The molecule has 5 heteroatoms. The number of fused-ring (bicyclic) bond motifs is 1. The van der Waals surface area contributed by atoms with E-state index in [1.807, 2.05) is 12.1 Å². The number of nitrogens with one attached hydrogen (secondary N) is 1. The van der Waals surface area contributed by atoms with Crippen molar-refractivity contribution in [2.75, 3.05) is 6.54 Å². The van der Waals surface area contributed by atoms with Crippen molar-refractivity contribution in [3.63, 3.8) is 0 Å². The van der Waals surface area contributed by atoms with Gasteiger partial charge in [0.05, 0.1) is 11.1 Å². The molecule has 1 aliphatic heterocycles. The Labute approximate surface area is 121 Å². The minimum Gasteiger partial charge on any atom is -0.508 e. The van der Waals surface area contributed by atoms with Crippen LogP contribution in [0.15, 0.2) is 30.3 Å². The highest BCUT2D eigenvalue weighted by Crippen LogP contribution is 2.42. The second-order valence-corrected chi connectivity index (χ2v) is 5.23. The fraction of sp³-hybridized carbons (Fsp3) is 0.200. The molecule has 3 rings (SSSR count). The van der Waals surface area contributed by atoms with Gasteiger partial charge in [0.1, 0.15) is 5.75 Å². The molecule has 0 bridgehead atoms. The Kier molecular flexibility index (Phi) is 3.20. The molecule has 0 fully saturated rings. The van der Waals surface area contributed by atoms with Crippen LogP contribution in [0.1, 0.15) is 22.7 Å². The number of halogens is 1. The molecule has 20 heavy (non-hydrogen) atoms. The Morgan fingerprint density at radius 1 is 1.10 bits per heavy atom. The number of hydrogen-bond donors (Lipinski definition) is 4. The van der Waals surface area contributed by atoms with Crippen molar-refractivity contribution in [3.8, 4) is 17.2 Å². The van der Waals surface area contributed by atoms with E-state index in [1.165, 1.54) is 0 Å². The number of phenolic OH excluding ortho intramolecular Hbond substituents is 3. The van der Waals surface area contributed by atoms with Crippen LogP contribution in [0.25, 0.3) is 0 Å². The predicted octanol–water partition coefficient (Wildman–Crippen LogP) is 2.69. The lowest BCUT2D eigenvalue weighted by Crippen LogP contribution is -2.30. The molecule has 2 aromatic rings. The van der Waals surface area contributed by atoms with Crippen molar-refractivity contribution in [1.82, 2.24) is 5.32 Å². The molecule has 4 nitrogen and oxygen atoms in total. The van der Waals surface area contributed by atoms with Crippen molar-refractivity contribution in [2.24, 2.45) is 0 Å². The van der Waals surface area contributed by atoms with Gasteiger partial charge in [-0.2, -0.15) is 0 Å². The molecule has 1 unspecified atom stereocenters.